The van der Waals surface area contributed by atoms with Gasteiger partial charge in [-0.2, -0.15) is 0 Å². The van der Waals surface area contributed by atoms with Crippen molar-refractivity contribution in [3.8, 4) is 11.3 Å². The van der Waals surface area contributed by atoms with Gasteiger partial charge in [-0.3, -0.25) is 4.79 Å². The van der Waals surface area contributed by atoms with Gasteiger partial charge in [-0.1, -0.05) is 27.7 Å². The number of ketones is 1. The quantitative estimate of drug-likeness (QED) is 0.0619. The summed E-state index contributed by atoms with van der Waals surface area (Å²) >= 11 is -2.13. The number of aliphatic hydroxyl groups excluding tert-OH is 1. The van der Waals surface area contributed by atoms with E-state index < -0.39 is 13.3 Å². The van der Waals surface area contributed by atoms with Crippen molar-refractivity contribution in [1.29, 1.82) is 0 Å². The van der Waals surface area contributed by atoms with Gasteiger partial charge in [0, 0.05) is 38.0 Å². The molecule has 0 unspecified atom stereocenters. The molecule has 3 aromatic carbocycles. The van der Waals surface area contributed by atoms with Gasteiger partial charge in [0.2, 0.25) is 0 Å². The zero-order valence-corrected chi connectivity index (χ0v) is 34.0. The van der Waals surface area contributed by atoms with Crippen molar-refractivity contribution in [3.05, 3.63) is 78.3 Å². The molecule has 0 saturated heterocycles. The van der Waals surface area contributed by atoms with E-state index in [2.05, 4.69) is 95.7 Å². The molecule has 2 aromatic heterocycles. The minimum absolute atomic E-state index is 0. The molecule has 2 heterocycles. The summed E-state index contributed by atoms with van der Waals surface area (Å²) < 4.78 is 7.94. The van der Waals surface area contributed by atoms with Crippen molar-refractivity contribution in [3.63, 3.8) is 0 Å². The molecule has 0 amide bonds. The minimum atomic E-state index is -2.13. The first-order valence-electron chi connectivity index (χ1n) is 17.0. The van der Waals surface area contributed by atoms with Crippen LogP contribution in [-0.4, -0.2) is 34.1 Å². The number of aromatic nitrogens is 2. The predicted molar refractivity (Wildman–Crippen MR) is 196 cm³/mol. The van der Waals surface area contributed by atoms with Crippen LogP contribution in [0.3, 0.4) is 0 Å². The van der Waals surface area contributed by atoms with E-state index in [-0.39, 0.29) is 43.5 Å². The fourth-order valence-corrected chi connectivity index (χ4v) is 9.57. The predicted octanol–water partition coefficient (Wildman–Crippen LogP) is 10.6. The van der Waals surface area contributed by atoms with Gasteiger partial charge in [0.1, 0.15) is 0 Å². The van der Waals surface area contributed by atoms with Crippen LogP contribution in [0.4, 0.5) is 0 Å². The number of hydrogen-bond acceptors (Lipinski definition) is 5. The number of para-hydroxylation sites is 1. The minimum Gasteiger partial charge on any atom is -0.512 e. The van der Waals surface area contributed by atoms with Gasteiger partial charge < -0.3 is 5.11 Å². The Morgan fingerprint density at radius 3 is 2.15 bits per heavy atom. The first-order valence-corrected chi connectivity index (χ1v) is 24.3. The van der Waals surface area contributed by atoms with E-state index in [1.807, 2.05) is 27.7 Å². The summed E-state index contributed by atoms with van der Waals surface area (Å²) in [5.41, 5.74) is 5.62. The molecule has 5 aromatic rings. The van der Waals surface area contributed by atoms with Crippen LogP contribution in [0.25, 0.3) is 44.1 Å². The van der Waals surface area contributed by atoms with Crippen LogP contribution in [0.2, 0.25) is 17.3 Å². The van der Waals surface area contributed by atoms with Crippen molar-refractivity contribution < 1.29 is 34.4 Å². The van der Waals surface area contributed by atoms with Crippen molar-refractivity contribution in [2.75, 3.05) is 0 Å². The topological polar surface area (TPSA) is 76.2 Å². The van der Waals surface area contributed by atoms with Crippen LogP contribution in [0.5, 0.6) is 0 Å². The van der Waals surface area contributed by atoms with E-state index in [1.165, 1.54) is 21.4 Å². The Morgan fingerprint density at radius 2 is 1.53 bits per heavy atom. The molecule has 5 rings (SSSR count). The summed E-state index contributed by atoms with van der Waals surface area (Å²) in [5.74, 6) is 8.40. The zero-order chi connectivity index (χ0) is 33.6. The van der Waals surface area contributed by atoms with Gasteiger partial charge in [-0.15, -0.1) is 0 Å². The number of aliphatic hydroxyl groups is 1. The molecule has 0 fully saturated rings. The molecule has 47 heavy (non-hydrogen) atoms. The number of benzene rings is 3. The molecule has 7 heteroatoms. The van der Waals surface area contributed by atoms with E-state index >= 15 is 0 Å². The Labute approximate surface area is 297 Å². The van der Waals surface area contributed by atoms with Crippen LogP contribution in [0, 0.1) is 23.8 Å². The number of fused-ring (bicyclic) bond motifs is 4. The van der Waals surface area contributed by atoms with Crippen molar-refractivity contribution in [2.45, 2.75) is 90.9 Å². The number of hydrogen-bond donors (Lipinski definition) is 1. The molecule has 0 aliphatic rings. The van der Waals surface area contributed by atoms with Gasteiger partial charge in [0.05, 0.1) is 5.76 Å². The second-order valence-corrected chi connectivity index (χ2v) is 24.4. The maximum absolute atomic E-state index is 11.7. The van der Waals surface area contributed by atoms with Gasteiger partial charge in [0.25, 0.3) is 0 Å². The number of carbonyl (C=O) groups is 1. The largest absolute Gasteiger partial charge is 0.512 e. The Morgan fingerprint density at radius 1 is 0.894 bits per heavy atom. The Balaban J connectivity index is 0.000000322. The maximum Gasteiger partial charge on any atom is 0.162 e. The molecule has 5 nitrogen and oxygen atoms in total. The SMILES string of the molecule is CC(C)Cc1cccc2c1oc1c(-c3[c-]c4ccccc4[c]([Ge]([CH3])([CH3])[CH3])c3)ncnc12.CCC(CC)C(=O)/C=C(\O)C(CC)CC.[Ir]. The molecule has 0 aliphatic heterocycles. The standard InChI is InChI=1S/C27H27GeN2O.C13H24O2.Ir/c1-17(2)13-19-10-8-12-22-25-27(31-26(19)22)24(29-16-30-25)20-14-18-9-6-7-11-21(18)23(15-20)28(3,4)5;1-5-10(6-2)12(14)9-13(15)11(7-3)8-4;/h6-12,15-17H,13H2,1-5H3;9-11,14H,5-8H2,1-4H3;/q-1;;/b;12-9-;. The van der Waals surface area contributed by atoms with Crippen LogP contribution < -0.4 is 4.40 Å². The van der Waals surface area contributed by atoms with E-state index in [9.17, 15) is 9.90 Å². The van der Waals surface area contributed by atoms with Crippen LogP contribution in [0.1, 0.15) is 72.8 Å². The number of nitrogens with zero attached hydrogens (tertiary/aromatic N) is 2. The van der Waals surface area contributed by atoms with E-state index in [4.69, 9.17) is 4.42 Å². The summed E-state index contributed by atoms with van der Waals surface area (Å²) in [6.45, 7) is 12.5. The van der Waals surface area contributed by atoms with Gasteiger partial charge in [-0.25, -0.2) is 0 Å². The smallest absolute Gasteiger partial charge is 0.162 e. The van der Waals surface area contributed by atoms with Crippen LogP contribution in [0.15, 0.2) is 71.1 Å². The van der Waals surface area contributed by atoms with Crippen molar-refractivity contribution in [2.24, 2.45) is 17.8 Å². The Bertz CT molecular complexity index is 1830. The summed E-state index contributed by atoms with van der Waals surface area (Å²) in [5, 5.41) is 13.3. The van der Waals surface area contributed by atoms with Crippen LogP contribution in [-0.2, 0) is 31.3 Å². The third-order valence-corrected chi connectivity index (χ3v) is 13.2. The fraction of sp³-hybridized carbons (Fsp3) is 0.425. The van der Waals surface area contributed by atoms with Gasteiger partial charge in [-0.05, 0) is 25.7 Å². The molecule has 253 valence electrons. The van der Waals surface area contributed by atoms with Gasteiger partial charge >= 0.3 is 186 Å². The third kappa shape index (κ3) is 9.01. The first kappa shape index (κ1) is 38.6. The Kier molecular flexibility index (Phi) is 14.0. The molecule has 1 N–H and O–H groups in total. The molecule has 0 atom stereocenters. The normalized spacial score (nSPS) is 12.2. The average molecular weight is 873 g/mol. The number of allylic oxidation sites excluding steroid dienone is 2. The molecule has 1 radical (unpaired) electrons. The van der Waals surface area contributed by atoms with Crippen molar-refractivity contribution >= 4 is 56.3 Å². The summed E-state index contributed by atoms with van der Waals surface area (Å²) in [6, 6.07) is 20.8. The van der Waals surface area contributed by atoms with E-state index in [0.29, 0.717) is 5.92 Å². The maximum atomic E-state index is 11.7. The first-order chi connectivity index (χ1) is 21.9. The summed E-state index contributed by atoms with van der Waals surface area (Å²) in [7, 11) is 0. The summed E-state index contributed by atoms with van der Waals surface area (Å²) in [4.78, 5) is 21.0. The second-order valence-electron chi connectivity index (χ2n) is 13.8. The monoisotopic (exact) mass is 874 g/mol. The van der Waals surface area contributed by atoms with Gasteiger partial charge in [0.15, 0.2) is 5.78 Å². The molecule has 0 saturated carbocycles. The number of furan rings is 1. The molecular weight excluding hydrogens is 821 g/mol. The van der Waals surface area contributed by atoms with E-state index in [0.717, 1.165) is 70.8 Å². The number of carbonyl (C=O) groups excluding carboxylic acids is 1. The molecular formula is C40H51GeIrN2O3-. The fourth-order valence-electron chi connectivity index (χ4n) is 6.21. The zero-order valence-electron chi connectivity index (χ0n) is 29.5. The molecule has 0 spiro atoms. The number of rotatable bonds is 11. The van der Waals surface area contributed by atoms with Crippen molar-refractivity contribution in [1.82, 2.24) is 9.97 Å². The molecule has 0 aliphatic carbocycles. The Hall–Kier alpha value is -2.80. The van der Waals surface area contributed by atoms with E-state index in [1.54, 1.807) is 6.33 Å². The average Bonchev–Trinajstić information content (AvgIpc) is 3.41. The summed E-state index contributed by atoms with van der Waals surface area (Å²) in [6.07, 6.45) is 7.54. The van der Waals surface area contributed by atoms with Crippen LogP contribution >= 0.6 is 0 Å². The third-order valence-electron chi connectivity index (χ3n) is 8.91. The molecule has 0 bridgehead atoms. The second kappa shape index (κ2) is 17.0.